The van der Waals surface area contributed by atoms with E-state index in [1.165, 1.54) is 19.4 Å². The quantitative estimate of drug-likeness (QED) is 0.508. The van der Waals surface area contributed by atoms with E-state index in [1.54, 1.807) is 29.8 Å². The van der Waals surface area contributed by atoms with Crippen LogP contribution in [0, 0.1) is 12.7 Å². The van der Waals surface area contributed by atoms with Crippen molar-refractivity contribution in [3.8, 4) is 5.88 Å². The highest BCUT2D eigenvalue weighted by atomic mass is 19.1. The third-order valence-electron chi connectivity index (χ3n) is 5.45. The number of anilines is 2. The lowest BCUT2D eigenvalue weighted by atomic mass is 10.1. The van der Waals surface area contributed by atoms with Crippen LogP contribution in [0.1, 0.15) is 16.1 Å². The van der Waals surface area contributed by atoms with Gasteiger partial charge < -0.3 is 24.7 Å². The van der Waals surface area contributed by atoms with E-state index in [0.29, 0.717) is 33.9 Å². The van der Waals surface area contributed by atoms with Gasteiger partial charge in [0.05, 0.1) is 35.9 Å². The fraction of sp³-hybridized carbons (Fsp3) is 0.273. The smallest absolute Gasteiger partial charge is 0.257 e. The number of aromatic nitrogens is 4. The van der Waals surface area contributed by atoms with E-state index in [-0.39, 0.29) is 5.65 Å². The van der Waals surface area contributed by atoms with Gasteiger partial charge in [-0.05, 0) is 19.1 Å². The average molecular weight is 435 g/mol. The Morgan fingerprint density at radius 1 is 1.19 bits per heavy atom. The van der Waals surface area contributed by atoms with E-state index in [0.717, 1.165) is 31.9 Å². The van der Waals surface area contributed by atoms with Gasteiger partial charge in [-0.1, -0.05) is 0 Å². The molecule has 164 valence electrons. The molecule has 9 nitrogen and oxygen atoms in total. The number of fused-ring (bicyclic) bond motifs is 2. The van der Waals surface area contributed by atoms with Gasteiger partial charge in [0, 0.05) is 44.6 Å². The molecule has 4 aromatic rings. The number of ether oxygens (including phenoxy) is 1. The fourth-order valence-electron chi connectivity index (χ4n) is 3.96. The largest absolute Gasteiger partial charge is 0.480 e. The number of aryl methyl sites for hydroxylation is 1. The normalized spacial score (nSPS) is 14.2. The lowest BCUT2D eigenvalue weighted by Crippen LogP contribution is -2.43. The summed E-state index contributed by atoms with van der Waals surface area (Å²) in [6, 6.07) is 4.86. The van der Waals surface area contributed by atoms with Gasteiger partial charge in [0.25, 0.3) is 5.91 Å². The molecule has 1 aliphatic heterocycles. The third-order valence-corrected chi connectivity index (χ3v) is 5.45. The Hall–Kier alpha value is -3.79. The number of rotatable bonds is 4. The summed E-state index contributed by atoms with van der Waals surface area (Å²) in [5.41, 5.74) is 3.50. The Balaban J connectivity index is 1.54. The van der Waals surface area contributed by atoms with Gasteiger partial charge >= 0.3 is 0 Å². The molecule has 4 heterocycles. The monoisotopic (exact) mass is 435 g/mol. The van der Waals surface area contributed by atoms with E-state index in [1.807, 2.05) is 6.07 Å². The number of hydrogen-bond acceptors (Lipinski definition) is 7. The second-order valence-corrected chi connectivity index (χ2v) is 7.62. The van der Waals surface area contributed by atoms with Gasteiger partial charge in [-0.2, -0.15) is 0 Å². The van der Waals surface area contributed by atoms with Gasteiger partial charge in [-0.25, -0.2) is 19.3 Å². The molecule has 1 aliphatic rings. The fourth-order valence-corrected chi connectivity index (χ4v) is 3.96. The maximum Gasteiger partial charge on any atom is 0.257 e. The van der Waals surface area contributed by atoms with Crippen LogP contribution < -0.4 is 20.3 Å². The van der Waals surface area contributed by atoms with Gasteiger partial charge in [-0.15, -0.1) is 0 Å². The molecule has 0 aliphatic carbocycles. The lowest BCUT2D eigenvalue weighted by Gasteiger charge is -2.30. The number of piperazine rings is 1. The van der Waals surface area contributed by atoms with Gasteiger partial charge in [-0.3, -0.25) is 4.79 Å². The van der Waals surface area contributed by atoms with Crippen molar-refractivity contribution in [2.75, 3.05) is 43.5 Å². The molecule has 0 bridgehead atoms. The summed E-state index contributed by atoms with van der Waals surface area (Å²) in [7, 11) is 1.53. The zero-order valence-electron chi connectivity index (χ0n) is 17.7. The molecule has 1 amide bonds. The van der Waals surface area contributed by atoms with Crippen LogP contribution >= 0.6 is 0 Å². The van der Waals surface area contributed by atoms with E-state index < -0.39 is 11.7 Å². The number of imidazole rings is 1. The number of benzene rings is 1. The Bertz CT molecular complexity index is 1330. The Labute approximate surface area is 183 Å². The van der Waals surface area contributed by atoms with E-state index >= 15 is 0 Å². The molecular formula is C22H22FN7O2. The minimum atomic E-state index is -0.514. The molecule has 2 N–H and O–H groups in total. The van der Waals surface area contributed by atoms with Crippen LogP contribution in [0.2, 0.25) is 0 Å². The summed E-state index contributed by atoms with van der Waals surface area (Å²) in [5, 5.41) is 6.10. The Kier molecular flexibility index (Phi) is 5.06. The summed E-state index contributed by atoms with van der Waals surface area (Å²) < 4.78 is 21.2. The number of halogens is 1. The molecule has 0 unspecified atom stereocenters. The number of nitrogens with zero attached hydrogens (tertiary/aromatic N) is 5. The first kappa shape index (κ1) is 20.1. The van der Waals surface area contributed by atoms with Crippen LogP contribution in [-0.4, -0.2) is 58.5 Å². The SMILES string of the molecule is COc1cnc2c(C(=O)Nc3cc(F)c4nc(C)cn4c3)ccc(N3CCNCC3)c2n1. The third kappa shape index (κ3) is 3.58. The second kappa shape index (κ2) is 8.04. The molecule has 5 rings (SSSR count). The molecular weight excluding hydrogens is 413 g/mol. The predicted molar refractivity (Wildman–Crippen MR) is 119 cm³/mol. The number of carbonyl (C=O) groups excluding carboxylic acids is 1. The van der Waals surface area contributed by atoms with Crippen LogP contribution in [0.5, 0.6) is 5.88 Å². The van der Waals surface area contributed by atoms with Crippen LogP contribution in [0.25, 0.3) is 16.7 Å². The van der Waals surface area contributed by atoms with Crippen LogP contribution in [0.4, 0.5) is 15.8 Å². The summed E-state index contributed by atoms with van der Waals surface area (Å²) in [4.78, 5) is 28.5. The standard InChI is InChI=1S/C22H22FN7O2/c1-13-11-30-12-14(9-16(23)21(30)26-13)27-22(31)15-3-4-17(29-7-5-24-6-8-29)20-19(15)25-10-18(28-20)32-2/h3-4,9-12,24H,5-8H2,1-2H3,(H,27,31). The van der Waals surface area contributed by atoms with Gasteiger partial charge in [0.15, 0.2) is 11.5 Å². The molecule has 1 aromatic carbocycles. The summed E-state index contributed by atoms with van der Waals surface area (Å²) in [5.74, 6) is -0.550. The zero-order valence-corrected chi connectivity index (χ0v) is 17.7. The van der Waals surface area contributed by atoms with Crippen molar-refractivity contribution >= 4 is 34.0 Å². The second-order valence-electron chi connectivity index (χ2n) is 7.62. The van der Waals surface area contributed by atoms with Crippen molar-refractivity contribution in [1.82, 2.24) is 24.7 Å². The van der Waals surface area contributed by atoms with E-state index in [4.69, 9.17) is 4.74 Å². The maximum absolute atomic E-state index is 14.4. The molecule has 32 heavy (non-hydrogen) atoms. The van der Waals surface area contributed by atoms with Crippen molar-refractivity contribution in [1.29, 1.82) is 0 Å². The number of nitrogens with one attached hydrogen (secondary N) is 2. The molecule has 0 atom stereocenters. The van der Waals surface area contributed by atoms with Crippen molar-refractivity contribution < 1.29 is 13.9 Å². The van der Waals surface area contributed by atoms with Crippen LogP contribution in [-0.2, 0) is 0 Å². The van der Waals surface area contributed by atoms with Crippen molar-refractivity contribution in [2.45, 2.75) is 6.92 Å². The van der Waals surface area contributed by atoms with Crippen molar-refractivity contribution in [3.05, 3.63) is 53.9 Å². The zero-order chi connectivity index (χ0) is 22.2. The first-order valence-electron chi connectivity index (χ1n) is 10.3. The molecule has 1 fully saturated rings. The number of methoxy groups -OCH3 is 1. The lowest BCUT2D eigenvalue weighted by molar-refractivity contribution is 0.102. The molecule has 0 radical (unpaired) electrons. The average Bonchev–Trinajstić information content (AvgIpc) is 3.19. The highest BCUT2D eigenvalue weighted by Crippen LogP contribution is 2.29. The summed E-state index contributed by atoms with van der Waals surface area (Å²) in [6.45, 7) is 5.15. The van der Waals surface area contributed by atoms with Crippen LogP contribution in [0.15, 0.2) is 36.8 Å². The number of carbonyl (C=O) groups is 1. The number of hydrogen-bond donors (Lipinski definition) is 2. The van der Waals surface area contributed by atoms with Crippen molar-refractivity contribution in [3.63, 3.8) is 0 Å². The minimum absolute atomic E-state index is 0.212. The van der Waals surface area contributed by atoms with E-state index in [2.05, 4.69) is 30.5 Å². The molecule has 0 spiro atoms. The van der Waals surface area contributed by atoms with Crippen LogP contribution in [0.3, 0.4) is 0 Å². The number of pyridine rings is 1. The topological polar surface area (TPSA) is 96.7 Å². The van der Waals surface area contributed by atoms with Crippen molar-refractivity contribution in [2.24, 2.45) is 0 Å². The maximum atomic E-state index is 14.4. The van der Waals surface area contributed by atoms with Gasteiger partial charge in [0.1, 0.15) is 11.0 Å². The van der Waals surface area contributed by atoms with Gasteiger partial charge in [0.2, 0.25) is 5.88 Å². The van der Waals surface area contributed by atoms with E-state index in [9.17, 15) is 9.18 Å². The Morgan fingerprint density at radius 2 is 2.00 bits per heavy atom. The molecule has 10 heteroatoms. The summed E-state index contributed by atoms with van der Waals surface area (Å²) in [6.07, 6.45) is 4.81. The molecule has 0 saturated carbocycles. The first-order chi connectivity index (χ1) is 15.5. The number of amides is 1. The first-order valence-corrected chi connectivity index (χ1v) is 10.3. The minimum Gasteiger partial charge on any atom is -0.480 e. The Morgan fingerprint density at radius 3 is 2.78 bits per heavy atom. The highest BCUT2D eigenvalue weighted by molar-refractivity contribution is 6.13. The molecule has 3 aromatic heterocycles. The predicted octanol–water partition coefficient (Wildman–Crippen LogP) is 2.40. The summed E-state index contributed by atoms with van der Waals surface area (Å²) >= 11 is 0. The highest BCUT2D eigenvalue weighted by Gasteiger charge is 2.21. The molecule has 1 saturated heterocycles.